The van der Waals surface area contributed by atoms with Crippen LogP contribution in [0.4, 0.5) is 10.7 Å². The maximum atomic E-state index is 12.7. The lowest BCUT2D eigenvalue weighted by Crippen LogP contribution is -2.45. The average molecular weight is 346 g/mol. The van der Waals surface area contributed by atoms with Crippen LogP contribution in [-0.4, -0.2) is 50.4 Å². The van der Waals surface area contributed by atoms with Crippen LogP contribution in [0.5, 0.6) is 11.5 Å². The van der Waals surface area contributed by atoms with Crippen LogP contribution in [-0.2, 0) is 13.1 Å². The van der Waals surface area contributed by atoms with Crippen molar-refractivity contribution in [2.45, 2.75) is 39.5 Å². The topological polar surface area (TPSA) is 94.4 Å². The number of nitrogens with one attached hydrogen (secondary N) is 1. The van der Waals surface area contributed by atoms with E-state index in [9.17, 15) is 4.79 Å². The van der Waals surface area contributed by atoms with Crippen molar-refractivity contribution in [1.82, 2.24) is 25.1 Å². The minimum Gasteiger partial charge on any atom is -0.497 e. The number of amides is 2. The molecule has 1 aromatic carbocycles. The highest BCUT2D eigenvalue weighted by atomic mass is 16.5. The number of urea groups is 1. The Bertz CT molecular complexity index is 773. The molecule has 3 rings (SSSR count). The SMILES string of the molecule is CCn1nnnc1NC(=O)N1Cc2ccc(OC)cc2OC(C)(C)C1. The van der Waals surface area contributed by atoms with E-state index >= 15 is 0 Å². The summed E-state index contributed by atoms with van der Waals surface area (Å²) in [5.74, 6) is 1.76. The van der Waals surface area contributed by atoms with E-state index in [1.807, 2.05) is 39.0 Å². The number of anilines is 1. The van der Waals surface area contributed by atoms with Crippen LogP contribution >= 0.6 is 0 Å². The highest BCUT2D eigenvalue weighted by molar-refractivity contribution is 5.87. The molecule has 1 aliphatic rings. The molecule has 0 fully saturated rings. The van der Waals surface area contributed by atoms with E-state index in [1.54, 1.807) is 12.0 Å². The average Bonchev–Trinajstić information content (AvgIpc) is 2.96. The van der Waals surface area contributed by atoms with Crippen LogP contribution in [0.1, 0.15) is 26.3 Å². The number of carbonyl (C=O) groups is 1. The van der Waals surface area contributed by atoms with Crippen LogP contribution in [0, 0.1) is 0 Å². The maximum Gasteiger partial charge on any atom is 0.324 e. The first kappa shape index (κ1) is 17.0. The van der Waals surface area contributed by atoms with Crippen LogP contribution in [0.25, 0.3) is 0 Å². The third-order valence-corrected chi connectivity index (χ3v) is 3.93. The summed E-state index contributed by atoms with van der Waals surface area (Å²) in [7, 11) is 1.61. The van der Waals surface area contributed by atoms with Crippen molar-refractivity contribution in [2.75, 3.05) is 19.0 Å². The van der Waals surface area contributed by atoms with Gasteiger partial charge in [0.15, 0.2) is 0 Å². The van der Waals surface area contributed by atoms with Crippen molar-refractivity contribution in [3.8, 4) is 11.5 Å². The van der Waals surface area contributed by atoms with Crippen LogP contribution < -0.4 is 14.8 Å². The molecule has 2 heterocycles. The second-order valence-electron chi connectivity index (χ2n) is 6.44. The smallest absolute Gasteiger partial charge is 0.324 e. The Morgan fingerprint density at radius 2 is 2.24 bits per heavy atom. The fourth-order valence-electron chi connectivity index (χ4n) is 2.76. The Labute approximate surface area is 145 Å². The van der Waals surface area contributed by atoms with Crippen molar-refractivity contribution >= 4 is 12.0 Å². The lowest BCUT2D eigenvalue weighted by Gasteiger charge is -2.29. The van der Waals surface area contributed by atoms with E-state index < -0.39 is 5.60 Å². The van der Waals surface area contributed by atoms with Gasteiger partial charge in [0.2, 0.25) is 0 Å². The zero-order valence-electron chi connectivity index (χ0n) is 14.8. The molecule has 2 amide bonds. The van der Waals surface area contributed by atoms with Crippen molar-refractivity contribution < 1.29 is 14.3 Å². The quantitative estimate of drug-likeness (QED) is 0.912. The van der Waals surface area contributed by atoms with Gasteiger partial charge in [-0.1, -0.05) is 5.10 Å². The van der Waals surface area contributed by atoms with E-state index in [-0.39, 0.29) is 6.03 Å². The van der Waals surface area contributed by atoms with Crippen LogP contribution in [0.2, 0.25) is 0 Å². The number of ether oxygens (including phenoxy) is 2. The number of methoxy groups -OCH3 is 1. The normalized spacial score (nSPS) is 15.8. The molecule has 0 spiro atoms. The molecule has 0 saturated heterocycles. The van der Waals surface area contributed by atoms with Gasteiger partial charge in [0, 0.05) is 18.2 Å². The fraction of sp³-hybridized carbons (Fsp3) is 0.500. The zero-order valence-corrected chi connectivity index (χ0v) is 14.8. The molecule has 134 valence electrons. The summed E-state index contributed by atoms with van der Waals surface area (Å²) in [5, 5.41) is 14.0. The summed E-state index contributed by atoms with van der Waals surface area (Å²) >= 11 is 0. The molecule has 0 radical (unpaired) electrons. The Morgan fingerprint density at radius 1 is 1.44 bits per heavy atom. The molecular weight excluding hydrogens is 324 g/mol. The summed E-state index contributed by atoms with van der Waals surface area (Å²) in [6.45, 7) is 7.19. The highest BCUT2D eigenvalue weighted by Gasteiger charge is 2.32. The maximum absolute atomic E-state index is 12.7. The van der Waals surface area contributed by atoms with Gasteiger partial charge in [-0.3, -0.25) is 5.32 Å². The molecule has 25 heavy (non-hydrogen) atoms. The van der Waals surface area contributed by atoms with Crippen molar-refractivity contribution in [1.29, 1.82) is 0 Å². The van der Waals surface area contributed by atoms with Gasteiger partial charge in [0.05, 0.1) is 20.2 Å². The number of nitrogens with zero attached hydrogens (tertiary/aromatic N) is 5. The van der Waals surface area contributed by atoms with Gasteiger partial charge in [-0.25, -0.2) is 9.48 Å². The van der Waals surface area contributed by atoms with E-state index in [2.05, 4.69) is 20.8 Å². The zero-order chi connectivity index (χ0) is 18.0. The largest absolute Gasteiger partial charge is 0.497 e. The first-order chi connectivity index (χ1) is 11.9. The summed E-state index contributed by atoms with van der Waals surface area (Å²) in [6.07, 6.45) is 0. The number of rotatable bonds is 3. The molecular formula is C16H22N6O3. The monoisotopic (exact) mass is 346 g/mol. The number of hydrogen-bond acceptors (Lipinski definition) is 6. The summed E-state index contributed by atoms with van der Waals surface area (Å²) < 4.78 is 12.9. The number of fused-ring (bicyclic) bond motifs is 1. The summed E-state index contributed by atoms with van der Waals surface area (Å²) in [4.78, 5) is 14.4. The molecule has 0 bridgehead atoms. The Balaban J connectivity index is 1.84. The molecule has 0 atom stereocenters. The molecule has 1 N–H and O–H groups in total. The Kier molecular flexibility index (Phi) is 4.47. The minimum atomic E-state index is -0.550. The minimum absolute atomic E-state index is 0.273. The van der Waals surface area contributed by atoms with Gasteiger partial charge in [-0.2, -0.15) is 0 Å². The van der Waals surface area contributed by atoms with Gasteiger partial charge in [-0.15, -0.1) is 0 Å². The van der Waals surface area contributed by atoms with E-state index in [4.69, 9.17) is 9.47 Å². The predicted molar refractivity (Wildman–Crippen MR) is 90.6 cm³/mol. The van der Waals surface area contributed by atoms with E-state index in [0.29, 0.717) is 25.6 Å². The standard InChI is InChI=1S/C16H22N6O3/c1-5-22-14(18-19-20-22)17-15(23)21-9-11-6-7-12(24-4)8-13(11)25-16(2,3)10-21/h6-8H,5,9-10H2,1-4H3,(H,17,18,20,23). The Hall–Kier alpha value is -2.84. The lowest BCUT2D eigenvalue weighted by atomic mass is 10.1. The second-order valence-corrected chi connectivity index (χ2v) is 6.44. The molecule has 2 aromatic rings. The van der Waals surface area contributed by atoms with Crippen LogP contribution in [0.15, 0.2) is 18.2 Å². The summed E-state index contributed by atoms with van der Waals surface area (Å²) in [6, 6.07) is 5.33. The molecule has 1 aromatic heterocycles. The van der Waals surface area contributed by atoms with E-state index in [1.165, 1.54) is 4.68 Å². The molecule has 0 aliphatic carbocycles. The molecule has 0 saturated carbocycles. The number of benzene rings is 1. The van der Waals surface area contributed by atoms with Crippen molar-refractivity contribution in [3.63, 3.8) is 0 Å². The first-order valence-corrected chi connectivity index (χ1v) is 8.10. The third kappa shape index (κ3) is 3.65. The third-order valence-electron chi connectivity index (χ3n) is 3.93. The fourth-order valence-corrected chi connectivity index (χ4v) is 2.76. The number of carbonyl (C=O) groups excluding carboxylic acids is 1. The van der Waals surface area contributed by atoms with Gasteiger partial charge in [0.1, 0.15) is 17.1 Å². The number of hydrogen-bond donors (Lipinski definition) is 1. The number of tetrazole rings is 1. The van der Waals surface area contributed by atoms with Gasteiger partial charge in [0.25, 0.3) is 5.95 Å². The molecule has 1 aliphatic heterocycles. The molecule has 9 heteroatoms. The highest BCUT2D eigenvalue weighted by Crippen LogP contribution is 2.32. The first-order valence-electron chi connectivity index (χ1n) is 8.10. The van der Waals surface area contributed by atoms with Crippen LogP contribution in [0.3, 0.4) is 0 Å². The predicted octanol–water partition coefficient (Wildman–Crippen LogP) is 1.91. The molecule has 0 unspecified atom stereocenters. The van der Waals surface area contributed by atoms with Gasteiger partial charge < -0.3 is 14.4 Å². The summed E-state index contributed by atoms with van der Waals surface area (Å²) in [5.41, 5.74) is 0.364. The Morgan fingerprint density at radius 3 is 2.96 bits per heavy atom. The molecule has 9 nitrogen and oxygen atoms in total. The number of aryl methyl sites for hydroxylation is 1. The van der Waals surface area contributed by atoms with Crippen molar-refractivity contribution in [3.05, 3.63) is 23.8 Å². The second kappa shape index (κ2) is 6.58. The van der Waals surface area contributed by atoms with Crippen molar-refractivity contribution in [2.24, 2.45) is 0 Å². The lowest BCUT2D eigenvalue weighted by molar-refractivity contribution is 0.0832. The number of aromatic nitrogens is 4. The van der Waals surface area contributed by atoms with Gasteiger partial charge >= 0.3 is 6.03 Å². The van der Waals surface area contributed by atoms with Gasteiger partial charge in [-0.05, 0) is 43.3 Å². The van der Waals surface area contributed by atoms with E-state index in [0.717, 1.165) is 17.1 Å².